The van der Waals surface area contributed by atoms with Gasteiger partial charge in [-0.25, -0.2) is 24.1 Å². The monoisotopic (exact) mass is 799 g/mol. The number of hydrogen-bond acceptors (Lipinski definition) is 17. The van der Waals surface area contributed by atoms with E-state index in [2.05, 4.69) is 24.9 Å². The molecule has 25 heteroatoms. The number of nitrogens with zero attached hydrogens (tertiary/aromatic N) is 6. The Morgan fingerprint density at radius 2 is 1.50 bits per heavy atom. The van der Waals surface area contributed by atoms with Crippen molar-refractivity contribution in [2.24, 2.45) is 0 Å². The summed E-state index contributed by atoms with van der Waals surface area (Å²) in [7, 11) is -10.1. The number of halogens is 1. The van der Waals surface area contributed by atoms with Gasteiger partial charge in [0.05, 0.1) is 24.9 Å². The van der Waals surface area contributed by atoms with Gasteiger partial charge in [0.15, 0.2) is 23.6 Å². The van der Waals surface area contributed by atoms with Gasteiger partial charge in [0, 0.05) is 9.77 Å². The fourth-order valence-corrected chi connectivity index (χ4v) is 8.26. The second-order valence-electron chi connectivity index (χ2n) is 10.4. The largest absolute Gasteiger partial charge is 0.472 e. The van der Waals surface area contributed by atoms with Gasteiger partial charge in [0.2, 0.25) is 5.95 Å². The van der Waals surface area contributed by atoms with Crippen molar-refractivity contribution in [2.75, 3.05) is 24.7 Å². The van der Waals surface area contributed by atoms with Gasteiger partial charge in [0.25, 0.3) is 5.56 Å². The zero-order chi connectivity index (χ0) is 32.7. The number of phosphoric acid groups is 2. The van der Waals surface area contributed by atoms with Gasteiger partial charge >= 0.3 is 15.6 Å². The molecule has 0 aliphatic carbocycles. The molecule has 9 N–H and O–H groups in total. The molecule has 0 bridgehead atoms. The number of H-pyrrole nitrogens is 1. The Labute approximate surface area is 268 Å². The molecule has 0 saturated carbocycles. The number of aliphatic hydroxyl groups excluding tert-OH is 2. The van der Waals surface area contributed by atoms with Gasteiger partial charge in [-0.15, -0.1) is 0 Å². The van der Waals surface area contributed by atoms with Crippen molar-refractivity contribution in [3.05, 3.63) is 32.8 Å². The minimum atomic E-state index is -5.05. The molecule has 4 aromatic heterocycles. The van der Waals surface area contributed by atoms with Crippen molar-refractivity contribution in [3.8, 4) is 0 Å². The highest BCUT2D eigenvalue weighted by Gasteiger charge is 2.54. The third-order valence-electron chi connectivity index (χ3n) is 7.52. The average molecular weight is 799 g/mol. The minimum absolute atomic E-state index is 0.101. The summed E-state index contributed by atoms with van der Waals surface area (Å²) in [6, 6.07) is 0. The number of nitrogen functional groups attached to an aromatic ring is 2. The summed E-state index contributed by atoms with van der Waals surface area (Å²) in [5, 5.41) is 22.8. The predicted molar refractivity (Wildman–Crippen MR) is 158 cm³/mol. The van der Waals surface area contributed by atoms with Crippen molar-refractivity contribution in [3.63, 3.8) is 0 Å². The predicted octanol–water partition coefficient (Wildman–Crippen LogP) is -1.13. The van der Waals surface area contributed by atoms with E-state index in [9.17, 15) is 33.9 Å². The summed E-state index contributed by atoms with van der Waals surface area (Å²) in [4.78, 5) is 51.9. The van der Waals surface area contributed by atoms with Gasteiger partial charge in [-0.05, 0) is 22.6 Å². The number of aromatic nitrogens is 7. The topological polar surface area (TPSA) is 317 Å². The number of imidazole rings is 1. The molecule has 0 amide bonds. The summed E-state index contributed by atoms with van der Waals surface area (Å²) < 4.78 is 62.0. The Morgan fingerprint density at radius 1 is 0.913 bits per heavy atom. The summed E-state index contributed by atoms with van der Waals surface area (Å²) in [6.45, 7) is -1.63. The molecular formula is C21H24IN9O13P2. The summed E-state index contributed by atoms with van der Waals surface area (Å²) in [6.07, 6.45) is -8.59. The van der Waals surface area contributed by atoms with E-state index in [1.165, 1.54) is 10.9 Å². The number of phosphoric ester groups is 2. The van der Waals surface area contributed by atoms with Crippen LogP contribution in [0.4, 0.5) is 11.8 Å². The van der Waals surface area contributed by atoms with Crippen LogP contribution in [0.3, 0.4) is 0 Å². The number of anilines is 2. The highest BCUT2D eigenvalue weighted by Crippen LogP contribution is 2.53. The highest BCUT2D eigenvalue weighted by atomic mass is 127. The van der Waals surface area contributed by atoms with Crippen LogP contribution in [-0.4, -0.2) is 104 Å². The molecule has 0 aromatic carbocycles. The van der Waals surface area contributed by atoms with Crippen LogP contribution >= 0.6 is 38.2 Å². The first-order valence-electron chi connectivity index (χ1n) is 13.2. The molecule has 0 spiro atoms. The molecule has 3 fully saturated rings. The lowest BCUT2D eigenvalue weighted by Gasteiger charge is -2.27. The van der Waals surface area contributed by atoms with E-state index in [1.807, 2.05) is 22.6 Å². The van der Waals surface area contributed by atoms with Crippen LogP contribution in [0.25, 0.3) is 22.2 Å². The first-order valence-corrected chi connectivity index (χ1v) is 17.3. The molecule has 3 aliphatic rings. The smallest absolute Gasteiger partial charge is 0.386 e. The third kappa shape index (κ3) is 5.53. The van der Waals surface area contributed by atoms with Crippen LogP contribution in [0.2, 0.25) is 0 Å². The molecule has 7 heterocycles. The summed E-state index contributed by atoms with van der Waals surface area (Å²) >= 11 is 1.98. The lowest BCUT2D eigenvalue weighted by Crippen LogP contribution is -2.39. The van der Waals surface area contributed by atoms with Crippen molar-refractivity contribution in [2.45, 2.75) is 49.1 Å². The van der Waals surface area contributed by atoms with Crippen LogP contribution in [0, 0.1) is 3.57 Å². The molecule has 46 heavy (non-hydrogen) atoms. The molecule has 7 rings (SSSR count). The van der Waals surface area contributed by atoms with Crippen LogP contribution in [-0.2, 0) is 36.7 Å². The third-order valence-corrected chi connectivity index (χ3v) is 10.3. The highest BCUT2D eigenvalue weighted by molar-refractivity contribution is 14.1. The van der Waals surface area contributed by atoms with Crippen molar-refractivity contribution < 1.29 is 56.7 Å². The Balaban J connectivity index is 1.18. The number of nitrogens with two attached hydrogens (primary N) is 2. The van der Waals surface area contributed by atoms with E-state index in [0.29, 0.717) is 8.96 Å². The first kappa shape index (κ1) is 31.9. The number of ether oxygens (including phenoxy) is 2. The number of aromatic amines is 1. The number of nitrogens with one attached hydrogen (secondary N) is 1. The molecule has 0 radical (unpaired) electrons. The quantitative estimate of drug-likeness (QED) is 0.0931. The maximum atomic E-state index is 13.1. The number of rotatable bonds is 2. The minimum Gasteiger partial charge on any atom is -0.386 e. The van der Waals surface area contributed by atoms with Crippen molar-refractivity contribution in [1.29, 1.82) is 0 Å². The van der Waals surface area contributed by atoms with Gasteiger partial charge in [0.1, 0.15) is 54.4 Å². The first-order chi connectivity index (χ1) is 21.7. The van der Waals surface area contributed by atoms with E-state index in [0.717, 1.165) is 10.9 Å². The van der Waals surface area contributed by atoms with E-state index >= 15 is 0 Å². The molecule has 248 valence electrons. The van der Waals surface area contributed by atoms with Gasteiger partial charge in [-0.1, -0.05) is 0 Å². The summed E-state index contributed by atoms with van der Waals surface area (Å²) in [5.74, 6) is -0.107. The normalized spacial score (nSPS) is 37.2. The number of fused-ring (bicyclic) bond motifs is 4. The molecule has 4 aromatic rings. The van der Waals surface area contributed by atoms with Crippen LogP contribution in [0.5, 0.6) is 0 Å². The maximum absolute atomic E-state index is 13.1. The molecule has 2 unspecified atom stereocenters. The fraction of sp³-hybridized carbons (Fsp3) is 0.476. The second kappa shape index (κ2) is 11.5. The van der Waals surface area contributed by atoms with Gasteiger partial charge < -0.3 is 45.5 Å². The van der Waals surface area contributed by atoms with Crippen molar-refractivity contribution in [1.82, 2.24) is 34.1 Å². The van der Waals surface area contributed by atoms with Crippen LogP contribution in [0.1, 0.15) is 12.5 Å². The molecular weight excluding hydrogens is 775 g/mol. The number of hydrogen-bond donors (Lipinski definition) is 7. The lowest BCUT2D eigenvalue weighted by molar-refractivity contribution is -0.0663. The van der Waals surface area contributed by atoms with E-state index < -0.39 is 83.5 Å². The lowest BCUT2D eigenvalue weighted by atomic mass is 10.1. The van der Waals surface area contributed by atoms with Crippen molar-refractivity contribution >= 4 is 72.2 Å². The van der Waals surface area contributed by atoms with E-state index in [4.69, 9.17) is 39.0 Å². The molecule has 22 nitrogen and oxygen atoms in total. The number of aliphatic hydroxyl groups is 2. The van der Waals surface area contributed by atoms with E-state index in [-0.39, 0.29) is 28.6 Å². The standard InChI is InChI=1S/C21H24IN9O13P2/c22-6-1-30(16-9(6)15(23)25-4-26-16)19-11(32)13-7(41-19)2-39-46(37,38)44-14-8(3-40-45(35,36)43-13)42-20(12(14)33)31-5-27-10-17(31)28-21(24)29-18(10)34/h1,4-5,7-8,11-14,19-20,32-33H,2-3H2,(H,35,36)(H,37,38)(H2,23,25,26)(H3,24,28,29,34)/t7-,8-,11-,12-,13-,14-,19-,20-/m1/s1. The second-order valence-corrected chi connectivity index (χ2v) is 14.4. The van der Waals surface area contributed by atoms with Crippen LogP contribution < -0.4 is 17.0 Å². The van der Waals surface area contributed by atoms with Crippen LogP contribution in [0.15, 0.2) is 23.6 Å². The Morgan fingerprint density at radius 3 is 2.11 bits per heavy atom. The Bertz CT molecular complexity index is 1990. The average Bonchev–Trinajstić information content (AvgIpc) is 3.71. The molecule has 10 atom stereocenters. The zero-order valence-electron chi connectivity index (χ0n) is 22.8. The molecule has 3 aliphatic heterocycles. The fourth-order valence-electron chi connectivity index (χ4n) is 5.52. The maximum Gasteiger partial charge on any atom is 0.472 e. The van der Waals surface area contributed by atoms with Gasteiger partial charge in [-0.3, -0.25) is 32.4 Å². The zero-order valence-corrected chi connectivity index (χ0v) is 26.8. The summed E-state index contributed by atoms with van der Waals surface area (Å²) in [5.41, 5.74) is 11.0. The van der Waals surface area contributed by atoms with Gasteiger partial charge in [-0.2, -0.15) is 4.98 Å². The molecule has 3 saturated heterocycles. The Hall–Kier alpha value is -2.64. The Kier molecular flexibility index (Phi) is 7.99. The SMILES string of the molecule is Nc1nc2c(ncn2[C@@H]2O[C@@H]3COP(=O)(O)O[C@H]4[C@@H](O)[C@H](n5cc(I)c6c(N)ncnc65)O[C@@H]4COP(=O)(O)O[C@H]3[C@H]2O)c(=O)[nH]1. The van der Waals surface area contributed by atoms with E-state index in [1.54, 1.807) is 6.20 Å².